The summed E-state index contributed by atoms with van der Waals surface area (Å²) in [5.74, 6) is -0.0411. The van der Waals surface area contributed by atoms with E-state index >= 15 is 0 Å². The van der Waals surface area contributed by atoms with Crippen LogP contribution in [0.15, 0.2) is 24.3 Å². The van der Waals surface area contributed by atoms with Gasteiger partial charge in [-0.3, -0.25) is 4.79 Å². The minimum absolute atomic E-state index is 0.0418. The van der Waals surface area contributed by atoms with E-state index in [4.69, 9.17) is 5.11 Å². The van der Waals surface area contributed by atoms with Gasteiger partial charge in [0.2, 0.25) is 0 Å². The van der Waals surface area contributed by atoms with E-state index in [1.165, 1.54) is 43.2 Å². The van der Waals surface area contributed by atoms with E-state index in [9.17, 15) is 4.79 Å². The molecule has 3 heteroatoms. The van der Waals surface area contributed by atoms with Crippen LogP contribution in [-0.4, -0.2) is 24.2 Å². The van der Waals surface area contributed by atoms with Gasteiger partial charge in [-0.2, -0.15) is 0 Å². The summed E-state index contributed by atoms with van der Waals surface area (Å²) in [4.78, 5) is 10.4. The summed E-state index contributed by atoms with van der Waals surface area (Å²) in [5.41, 5.74) is 2.75. The molecule has 19 heavy (non-hydrogen) atoms. The molecule has 0 atom stereocenters. The van der Waals surface area contributed by atoms with Crippen molar-refractivity contribution in [2.75, 3.05) is 13.1 Å². The number of nitrogens with one attached hydrogen (secondary N) is 1. The van der Waals surface area contributed by atoms with E-state index in [2.05, 4.69) is 29.6 Å². The van der Waals surface area contributed by atoms with Gasteiger partial charge in [-0.15, -0.1) is 0 Å². The standard InChI is InChI=1S/C16H23NO2/c18-16(19)12-17-11-10-13-6-8-15(9-7-13)14-4-2-1-3-5-14/h6-9,14,17H,1-5,10-12H2,(H,18,19). The minimum atomic E-state index is -0.798. The number of aliphatic carboxylic acids is 1. The normalized spacial score (nSPS) is 16.4. The largest absolute Gasteiger partial charge is 0.480 e. The van der Waals surface area contributed by atoms with Crippen molar-refractivity contribution in [1.82, 2.24) is 5.32 Å². The molecule has 2 rings (SSSR count). The first-order chi connectivity index (χ1) is 9.25. The summed E-state index contributed by atoms with van der Waals surface area (Å²) >= 11 is 0. The van der Waals surface area contributed by atoms with Crippen LogP contribution in [-0.2, 0) is 11.2 Å². The van der Waals surface area contributed by atoms with Crippen molar-refractivity contribution in [2.24, 2.45) is 0 Å². The molecule has 0 aliphatic heterocycles. The minimum Gasteiger partial charge on any atom is -0.480 e. The molecule has 3 nitrogen and oxygen atoms in total. The van der Waals surface area contributed by atoms with E-state index in [0.29, 0.717) is 0 Å². The van der Waals surface area contributed by atoms with Gasteiger partial charge in [0.15, 0.2) is 0 Å². The molecular weight excluding hydrogens is 238 g/mol. The van der Waals surface area contributed by atoms with Crippen LogP contribution >= 0.6 is 0 Å². The Bertz CT molecular complexity index is 394. The molecule has 0 amide bonds. The highest BCUT2D eigenvalue weighted by molar-refractivity contribution is 5.68. The van der Waals surface area contributed by atoms with Gasteiger partial charge in [0.25, 0.3) is 0 Å². The molecule has 0 aromatic heterocycles. The van der Waals surface area contributed by atoms with Gasteiger partial charge in [0.1, 0.15) is 0 Å². The first kappa shape index (κ1) is 14.1. The molecule has 1 aromatic rings. The van der Waals surface area contributed by atoms with Crippen molar-refractivity contribution in [3.05, 3.63) is 35.4 Å². The van der Waals surface area contributed by atoms with Crippen molar-refractivity contribution < 1.29 is 9.90 Å². The summed E-state index contributed by atoms with van der Waals surface area (Å²) in [6, 6.07) is 8.88. The Morgan fingerprint density at radius 3 is 2.47 bits per heavy atom. The SMILES string of the molecule is O=C(O)CNCCc1ccc(C2CCCCC2)cc1. The lowest BCUT2D eigenvalue weighted by atomic mass is 9.84. The molecular formula is C16H23NO2. The Balaban J connectivity index is 1.79. The summed E-state index contributed by atoms with van der Waals surface area (Å²) in [5, 5.41) is 11.4. The number of benzene rings is 1. The van der Waals surface area contributed by atoms with E-state index in [1.807, 2.05) is 0 Å². The van der Waals surface area contributed by atoms with Crippen LogP contribution in [0.25, 0.3) is 0 Å². The van der Waals surface area contributed by atoms with Crippen LogP contribution in [0.1, 0.15) is 49.1 Å². The maximum Gasteiger partial charge on any atom is 0.317 e. The van der Waals surface area contributed by atoms with Gasteiger partial charge >= 0.3 is 5.97 Å². The molecule has 0 spiro atoms. The molecule has 0 heterocycles. The van der Waals surface area contributed by atoms with Crippen LogP contribution in [0.4, 0.5) is 0 Å². The quantitative estimate of drug-likeness (QED) is 0.774. The van der Waals surface area contributed by atoms with Gasteiger partial charge in [0, 0.05) is 0 Å². The fourth-order valence-electron chi connectivity index (χ4n) is 2.82. The number of carbonyl (C=O) groups is 1. The lowest BCUT2D eigenvalue weighted by molar-refractivity contribution is -0.135. The Morgan fingerprint density at radius 1 is 1.16 bits per heavy atom. The molecule has 0 bridgehead atoms. The van der Waals surface area contributed by atoms with E-state index in [0.717, 1.165) is 18.9 Å². The first-order valence-corrected chi connectivity index (χ1v) is 7.27. The van der Waals surface area contributed by atoms with Gasteiger partial charge in [0.05, 0.1) is 6.54 Å². The van der Waals surface area contributed by atoms with E-state index in [-0.39, 0.29) is 6.54 Å². The number of hydrogen-bond acceptors (Lipinski definition) is 2. The average molecular weight is 261 g/mol. The lowest BCUT2D eigenvalue weighted by Crippen LogP contribution is -2.24. The third kappa shape index (κ3) is 4.67. The van der Waals surface area contributed by atoms with Crippen molar-refractivity contribution in [1.29, 1.82) is 0 Å². The second-order valence-electron chi connectivity index (χ2n) is 5.40. The number of carboxylic acids is 1. The fourth-order valence-corrected chi connectivity index (χ4v) is 2.82. The van der Waals surface area contributed by atoms with E-state index < -0.39 is 5.97 Å². The van der Waals surface area contributed by atoms with Gasteiger partial charge < -0.3 is 10.4 Å². The third-order valence-corrected chi connectivity index (χ3v) is 3.92. The van der Waals surface area contributed by atoms with Gasteiger partial charge in [-0.05, 0) is 42.9 Å². The topological polar surface area (TPSA) is 49.3 Å². The maximum atomic E-state index is 10.4. The lowest BCUT2D eigenvalue weighted by Gasteiger charge is -2.22. The van der Waals surface area contributed by atoms with Crippen molar-refractivity contribution >= 4 is 5.97 Å². The highest BCUT2D eigenvalue weighted by atomic mass is 16.4. The highest BCUT2D eigenvalue weighted by Gasteiger charge is 2.14. The number of rotatable bonds is 6. The molecule has 0 unspecified atom stereocenters. The van der Waals surface area contributed by atoms with Crippen molar-refractivity contribution in [3.8, 4) is 0 Å². The van der Waals surface area contributed by atoms with Crippen molar-refractivity contribution in [2.45, 2.75) is 44.4 Å². The number of carboxylic acid groups (broad SMARTS) is 1. The maximum absolute atomic E-state index is 10.4. The van der Waals surface area contributed by atoms with Crippen LogP contribution in [0.5, 0.6) is 0 Å². The second-order valence-corrected chi connectivity index (χ2v) is 5.40. The zero-order valence-electron chi connectivity index (χ0n) is 11.4. The third-order valence-electron chi connectivity index (χ3n) is 3.92. The molecule has 1 saturated carbocycles. The van der Waals surface area contributed by atoms with Gasteiger partial charge in [-0.25, -0.2) is 0 Å². The van der Waals surface area contributed by atoms with Crippen LogP contribution in [0, 0.1) is 0 Å². The molecule has 2 N–H and O–H groups in total. The van der Waals surface area contributed by atoms with Crippen LogP contribution in [0.2, 0.25) is 0 Å². The van der Waals surface area contributed by atoms with Crippen LogP contribution in [0.3, 0.4) is 0 Å². The van der Waals surface area contributed by atoms with E-state index in [1.54, 1.807) is 0 Å². The number of hydrogen-bond donors (Lipinski definition) is 2. The Morgan fingerprint density at radius 2 is 1.84 bits per heavy atom. The molecule has 0 saturated heterocycles. The average Bonchev–Trinajstić information content (AvgIpc) is 2.45. The Hall–Kier alpha value is -1.35. The predicted molar refractivity (Wildman–Crippen MR) is 76.5 cm³/mol. The summed E-state index contributed by atoms with van der Waals surface area (Å²) < 4.78 is 0. The first-order valence-electron chi connectivity index (χ1n) is 7.27. The van der Waals surface area contributed by atoms with Gasteiger partial charge in [-0.1, -0.05) is 43.5 Å². The molecule has 1 aliphatic rings. The predicted octanol–water partition coefficient (Wildman–Crippen LogP) is 2.95. The molecule has 0 radical (unpaired) electrons. The molecule has 1 aromatic carbocycles. The summed E-state index contributed by atoms with van der Waals surface area (Å²) in [6.07, 6.45) is 7.68. The molecule has 1 fully saturated rings. The molecule has 1 aliphatic carbocycles. The summed E-state index contributed by atoms with van der Waals surface area (Å²) in [7, 11) is 0. The molecule has 104 valence electrons. The Kier molecular flexibility index (Phi) is 5.40. The van der Waals surface area contributed by atoms with Crippen LogP contribution < -0.4 is 5.32 Å². The smallest absolute Gasteiger partial charge is 0.317 e. The Labute approximate surface area is 115 Å². The van der Waals surface area contributed by atoms with Crippen molar-refractivity contribution in [3.63, 3.8) is 0 Å². The fraction of sp³-hybridized carbons (Fsp3) is 0.562. The monoisotopic (exact) mass is 261 g/mol. The zero-order chi connectivity index (χ0) is 13.5. The second kappa shape index (κ2) is 7.29. The zero-order valence-corrected chi connectivity index (χ0v) is 11.4. The highest BCUT2D eigenvalue weighted by Crippen LogP contribution is 2.32. The summed E-state index contributed by atoms with van der Waals surface area (Å²) in [6.45, 7) is 0.759.